The van der Waals surface area contributed by atoms with Gasteiger partial charge >= 0.3 is 0 Å². The first-order chi connectivity index (χ1) is 10.4. The Bertz CT molecular complexity index is 618. The van der Waals surface area contributed by atoms with Gasteiger partial charge in [-0.1, -0.05) is 18.5 Å². The normalized spacial score (nSPS) is 19.5. The lowest BCUT2D eigenvalue weighted by Gasteiger charge is -2.32. The van der Waals surface area contributed by atoms with Crippen LogP contribution in [0.5, 0.6) is 0 Å². The van der Waals surface area contributed by atoms with Gasteiger partial charge in [0.25, 0.3) is 5.91 Å². The molecule has 1 saturated heterocycles. The predicted molar refractivity (Wildman–Crippen MR) is 85.6 cm³/mol. The van der Waals surface area contributed by atoms with Crippen LogP contribution in [0.25, 0.3) is 0 Å². The zero-order valence-corrected chi connectivity index (χ0v) is 13.9. The molecule has 1 amide bonds. The maximum absolute atomic E-state index is 12.0. The SMILES string of the molecule is CCCS(=O)(=O)NCC1CN(c2ccc(Cl)cc2)C(=O)CO1. The molecule has 1 aromatic carbocycles. The molecule has 0 spiro atoms. The van der Waals surface area contributed by atoms with Crippen molar-refractivity contribution >= 4 is 33.2 Å². The summed E-state index contributed by atoms with van der Waals surface area (Å²) in [6, 6.07) is 6.92. The van der Waals surface area contributed by atoms with Crippen LogP contribution in [0, 0.1) is 0 Å². The van der Waals surface area contributed by atoms with E-state index in [2.05, 4.69) is 4.72 Å². The highest BCUT2D eigenvalue weighted by Gasteiger charge is 2.28. The van der Waals surface area contributed by atoms with Crippen LogP contribution in [-0.4, -0.2) is 45.9 Å². The van der Waals surface area contributed by atoms with E-state index in [1.807, 2.05) is 0 Å². The Morgan fingerprint density at radius 1 is 1.36 bits per heavy atom. The summed E-state index contributed by atoms with van der Waals surface area (Å²) in [5, 5.41) is 0.591. The summed E-state index contributed by atoms with van der Waals surface area (Å²) in [5.74, 6) is -0.0745. The second-order valence-corrected chi connectivity index (χ2v) is 7.44. The number of halogens is 1. The van der Waals surface area contributed by atoms with E-state index in [-0.39, 0.29) is 30.9 Å². The van der Waals surface area contributed by atoms with Crippen molar-refractivity contribution in [1.29, 1.82) is 0 Å². The lowest BCUT2D eigenvalue weighted by Crippen LogP contribution is -2.50. The summed E-state index contributed by atoms with van der Waals surface area (Å²) in [5.41, 5.74) is 0.721. The molecular formula is C14H19ClN2O4S. The van der Waals surface area contributed by atoms with E-state index in [4.69, 9.17) is 16.3 Å². The first-order valence-corrected chi connectivity index (χ1v) is 9.09. The molecule has 0 saturated carbocycles. The standard InChI is InChI=1S/C14H19ClN2O4S/c1-2-7-22(19,20)16-8-13-9-17(14(18)10-21-13)12-5-3-11(15)4-6-12/h3-6,13,16H,2,7-10H2,1H3. The second kappa shape index (κ2) is 7.41. The van der Waals surface area contributed by atoms with E-state index in [9.17, 15) is 13.2 Å². The number of nitrogens with one attached hydrogen (secondary N) is 1. The minimum absolute atomic E-state index is 0.0667. The lowest BCUT2D eigenvalue weighted by atomic mass is 10.2. The quantitative estimate of drug-likeness (QED) is 0.844. The van der Waals surface area contributed by atoms with E-state index in [1.54, 1.807) is 36.1 Å². The van der Waals surface area contributed by atoms with Gasteiger partial charge in [-0.15, -0.1) is 0 Å². The molecule has 1 atom stereocenters. The average molecular weight is 347 g/mol. The third-order valence-electron chi connectivity index (χ3n) is 3.27. The average Bonchev–Trinajstić information content (AvgIpc) is 2.47. The zero-order valence-electron chi connectivity index (χ0n) is 12.3. The first kappa shape index (κ1) is 17.2. The number of hydrogen-bond acceptors (Lipinski definition) is 4. The van der Waals surface area contributed by atoms with E-state index in [0.717, 1.165) is 5.69 Å². The molecule has 8 heteroatoms. The van der Waals surface area contributed by atoms with Gasteiger partial charge in [0, 0.05) is 17.3 Å². The highest BCUT2D eigenvalue weighted by molar-refractivity contribution is 7.89. The predicted octanol–water partition coefficient (Wildman–Crippen LogP) is 1.40. The Hall–Kier alpha value is -1.15. The molecule has 122 valence electrons. The number of rotatable bonds is 6. The Morgan fingerprint density at radius 3 is 2.68 bits per heavy atom. The van der Waals surface area contributed by atoms with Crippen LogP contribution in [0.2, 0.25) is 5.02 Å². The van der Waals surface area contributed by atoms with Crippen molar-refractivity contribution in [2.75, 3.05) is 30.3 Å². The van der Waals surface area contributed by atoms with E-state index >= 15 is 0 Å². The number of benzene rings is 1. The maximum Gasteiger partial charge on any atom is 0.253 e. The Kier molecular flexibility index (Phi) is 5.80. The number of amides is 1. The van der Waals surface area contributed by atoms with Crippen LogP contribution in [0.4, 0.5) is 5.69 Å². The summed E-state index contributed by atoms with van der Waals surface area (Å²) in [6.07, 6.45) is 0.177. The Balaban J connectivity index is 1.99. The summed E-state index contributed by atoms with van der Waals surface area (Å²) in [4.78, 5) is 13.5. The molecular weight excluding hydrogens is 328 g/mol. The molecule has 0 radical (unpaired) electrons. The fourth-order valence-electron chi connectivity index (χ4n) is 2.18. The molecule has 1 fully saturated rings. The number of carbonyl (C=O) groups excluding carboxylic acids is 1. The molecule has 1 aliphatic rings. The van der Waals surface area contributed by atoms with Gasteiger partial charge in [0.1, 0.15) is 6.61 Å². The highest BCUT2D eigenvalue weighted by Crippen LogP contribution is 2.21. The van der Waals surface area contributed by atoms with Gasteiger partial charge in [0.05, 0.1) is 18.4 Å². The molecule has 1 aromatic rings. The van der Waals surface area contributed by atoms with Gasteiger partial charge in [-0.2, -0.15) is 0 Å². The number of ether oxygens (including phenoxy) is 1. The largest absolute Gasteiger partial charge is 0.365 e. The molecule has 1 N–H and O–H groups in total. The summed E-state index contributed by atoms with van der Waals surface area (Å²) in [7, 11) is -3.28. The zero-order chi connectivity index (χ0) is 16.2. The van der Waals surface area contributed by atoms with Crippen LogP contribution in [0.15, 0.2) is 24.3 Å². The van der Waals surface area contributed by atoms with Gasteiger partial charge in [0.2, 0.25) is 10.0 Å². The van der Waals surface area contributed by atoms with Gasteiger partial charge in [0.15, 0.2) is 0 Å². The smallest absolute Gasteiger partial charge is 0.253 e. The number of hydrogen-bond donors (Lipinski definition) is 1. The third-order valence-corrected chi connectivity index (χ3v) is 5.08. The monoisotopic (exact) mass is 346 g/mol. The molecule has 2 rings (SSSR count). The number of carbonyl (C=O) groups is 1. The summed E-state index contributed by atoms with van der Waals surface area (Å²) in [6.45, 7) is 2.19. The van der Waals surface area contributed by atoms with Crippen molar-refractivity contribution < 1.29 is 17.9 Å². The van der Waals surface area contributed by atoms with Crippen molar-refractivity contribution in [2.24, 2.45) is 0 Å². The second-order valence-electron chi connectivity index (χ2n) is 5.08. The number of morpholine rings is 1. The van der Waals surface area contributed by atoms with Gasteiger partial charge in [-0.3, -0.25) is 4.79 Å². The van der Waals surface area contributed by atoms with Crippen LogP contribution in [0.1, 0.15) is 13.3 Å². The summed E-state index contributed by atoms with van der Waals surface area (Å²) < 4.78 is 31.2. The van der Waals surface area contributed by atoms with Crippen LogP contribution in [-0.2, 0) is 19.6 Å². The number of nitrogens with zero attached hydrogens (tertiary/aromatic N) is 1. The van der Waals surface area contributed by atoms with Gasteiger partial charge in [-0.25, -0.2) is 13.1 Å². The van der Waals surface area contributed by atoms with Crippen molar-refractivity contribution in [3.8, 4) is 0 Å². The van der Waals surface area contributed by atoms with Gasteiger partial charge < -0.3 is 9.64 Å². The van der Waals surface area contributed by atoms with Crippen LogP contribution >= 0.6 is 11.6 Å². The number of sulfonamides is 1. The fourth-order valence-corrected chi connectivity index (χ4v) is 3.43. The van der Waals surface area contributed by atoms with Crippen molar-refractivity contribution in [2.45, 2.75) is 19.4 Å². The molecule has 0 aromatic heterocycles. The maximum atomic E-state index is 12.0. The molecule has 1 unspecified atom stereocenters. The highest BCUT2D eigenvalue weighted by atomic mass is 35.5. The number of anilines is 1. The van der Waals surface area contributed by atoms with E-state index in [0.29, 0.717) is 18.0 Å². The molecule has 6 nitrogen and oxygen atoms in total. The topological polar surface area (TPSA) is 75.7 Å². The molecule has 0 bridgehead atoms. The Labute approximate surface area is 135 Å². The summed E-state index contributed by atoms with van der Waals surface area (Å²) >= 11 is 5.84. The van der Waals surface area contributed by atoms with Gasteiger partial charge in [-0.05, 0) is 30.7 Å². The van der Waals surface area contributed by atoms with Crippen LogP contribution < -0.4 is 9.62 Å². The minimum atomic E-state index is -3.28. The van der Waals surface area contributed by atoms with Crippen LogP contribution in [0.3, 0.4) is 0 Å². The Morgan fingerprint density at radius 2 is 2.05 bits per heavy atom. The van der Waals surface area contributed by atoms with Crippen molar-refractivity contribution in [3.63, 3.8) is 0 Å². The third kappa shape index (κ3) is 4.67. The fraction of sp³-hybridized carbons (Fsp3) is 0.500. The van der Waals surface area contributed by atoms with E-state index < -0.39 is 10.0 Å². The van der Waals surface area contributed by atoms with E-state index in [1.165, 1.54) is 0 Å². The minimum Gasteiger partial charge on any atom is -0.365 e. The molecule has 1 heterocycles. The van der Waals surface area contributed by atoms with Crippen molar-refractivity contribution in [1.82, 2.24) is 4.72 Å². The molecule has 1 aliphatic heterocycles. The molecule has 22 heavy (non-hydrogen) atoms. The first-order valence-electron chi connectivity index (χ1n) is 7.06. The molecule has 0 aliphatic carbocycles. The van der Waals surface area contributed by atoms with Crippen molar-refractivity contribution in [3.05, 3.63) is 29.3 Å². The lowest BCUT2D eigenvalue weighted by molar-refractivity contribution is -0.129.